The highest BCUT2D eigenvalue weighted by Gasteiger charge is 2.16. The van der Waals surface area contributed by atoms with Crippen LogP contribution in [0.25, 0.3) is 0 Å². The van der Waals surface area contributed by atoms with Crippen molar-refractivity contribution in [2.45, 2.75) is 32.9 Å². The molecule has 2 rings (SSSR count). The second-order valence-electron chi connectivity index (χ2n) is 5.07. The lowest BCUT2D eigenvalue weighted by molar-refractivity contribution is 0.0947. The van der Waals surface area contributed by atoms with Crippen LogP contribution in [0.3, 0.4) is 0 Å². The standard InChI is InChI=1S/C14H19N3OS2/c1-9(2)6-11(15)14-17-12(8-20-14)13(18)16-7-10-4-3-5-19-10/h3-5,8-9,11H,6-7,15H2,1-2H3,(H,16,18). The Morgan fingerprint density at radius 3 is 2.90 bits per heavy atom. The smallest absolute Gasteiger partial charge is 0.271 e. The molecule has 2 aromatic heterocycles. The highest BCUT2D eigenvalue weighted by atomic mass is 32.1. The van der Waals surface area contributed by atoms with Gasteiger partial charge in [0.1, 0.15) is 10.7 Å². The summed E-state index contributed by atoms with van der Waals surface area (Å²) in [5.41, 5.74) is 6.54. The summed E-state index contributed by atoms with van der Waals surface area (Å²) in [5.74, 6) is 0.377. The molecule has 0 aromatic carbocycles. The van der Waals surface area contributed by atoms with Gasteiger partial charge in [-0.05, 0) is 23.8 Å². The first-order valence-corrected chi connectivity index (χ1v) is 8.33. The van der Waals surface area contributed by atoms with Crippen molar-refractivity contribution < 1.29 is 4.79 Å². The number of carbonyl (C=O) groups is 1. The number of thiophene rings is 1. The molecule has 20 heavy (non-hydrogen) atoms. The van der Waals surface area contributed by atoms with E-state index in [9.17, 15) is 4.79 Å². The van der Waals surface area contributed by atoms with E-state index in [-0.39, 0.29) is 11.9 Å². The maximum atomic E-state index is 12.0. The number of nitrogens with two attached hydrogens (primary N) is 1. The van der Waals surface area contributed by atoms with Crippen LogP contribution in [0.15, 0.2) is 22.9 Å². The lowest BCUT2D eigenvalue weighted by atomic mass is 10.1. The summed E-state index contributed by atoms with van der Waals surface area (Å²) in [5, 5.41) is 7.47. The van der Waals surface area contributed by atoms with E-state index in [1.54, 1.807) is 16.7 Å². The van der Waals surface area contributed by atoms with Gasteiger partial charge in [0, 0.05) is 10.3 Å². The number of amides is 1. The third-order valence-electron chi connectivity index (χ3n) is 2.80. The quantitative estimate of drug-likeness (QED) is 0.861. The molecule has 0 fully saturated rings. The Kier molecular flexibility index (Phi) is 5.28. The number of hydrogen-bond donors (Lipinski definition) is 2. The number of aromatic nitrogens is 1. The van der Waals surface area contributed by atoms with Crippen LogP contribution >= 0.6 is 22.7 Å². The number of nitrogens with one attached hydrogen (secondary N) is 1. The van der Waals surface area contributed by atoms with Gasteiger partial charge in [-0.1, -0.05) is 19.9 Å². The van der Waals surface area contributed by atoms with Gasteiger partial charge in [-0.25, -0.2) is 4.98 Å². The zero-order chi connectivity index (χ0) is 14.5. The average Bonchev–Trinajstić information content (AvgIpc) is 3.06. The Balaban J connectivity index is 1.92. The second kappa shape index (κ2) is 6.97. The number of thiazole rings is 1. The summed E-state index contributed by atoms with van der Waals surface area (Å²) in [6.45, 7) is 4.80. The molecule has 0 bridgehead atoms. The highest BCUT2D eigenvalue weighted by molar-refractivity contribution is 7.10. The summed E-state index contributed by atoms with van der Waals surface area (Å²) >= 11 is 3.08. The van der Waals surface area contributed by atoms with Gasteiger partial charge in [0.25, 0.3) is 5.91 Å². The molecule has 2 heterocycles. The van der Waals surface area contributed by atoms with Gasteiger partial charge >= 0.3 is 0 Å². The normalized spacial score (nSPS) is 12.6. The van der Waals surface area contributed by atoms with Crippen molar-refractivity contribution in [2.75, 3.05) is 0 Å². The molecule has 1 unspecified atom stereocenters. The fourth-order valence-corrected chi connectivity index (χ4v) is 3.30. The summed E-state index contributed by atoms with van der Waals surface area (Å²) in [4.78, 5) is 17.5. The first-order chi connectivity index (χ1) is 9.56. The van der Waals surface area contributed by atoms with Crippen molar-refractivity contribution in [3.8, 4) is 0 Å². The lowest BCUT2D eigenvalue weighted by Crippen LogP contribution is -2.23. The van der Waals surface area contributed by atoms with Crippen molar-refractivity contribution in [1.82, 2.24) is 10.3 Å². The molecule has 0 saturated carbocycles. The zero-order valence-corrected chi connectivity index (χ0v) is 13.3. The molecule has 1 amide bonds. The fourth-order valence-electron chi connectivity index (χ4n) is 1.84. The van der Waals surface area contributed by atoms with E-state index >= 15 is 0 Å². The molecule has 0 spiro atoms. The molecular weight excluding hydrogens is 290 g/mol. The highest BCUT2D eigenvalue weighted by Crippen LogP contribution is 2.22. The average molecular weight is 309 g/mol. The molecule has 6 heteroatoms. The Hall–Kier alpha value is -1.24. The number of rotatable bonds is 6. The molecule has 1 atom stereocenters. The van der Waals surface area contributed by atoms with E-state index in [4.69, 9.17) is 5.73 Å². The van der Waals surface area contributed by atoms with Crippen molar-refractivity contribution in [3.63, 3.8) is 0 Å². The van der Waals surface area contributed by atoms with Crippen molar-refractivity contribution in [3.05, 3.63) is 38.5 Å². The van der Waals surface area contributed by atoms with Gasteiger partial charge in [-0.2, -0.15) is 0 Å². The number of hydrogen-bond acceptors (Lipinski definition) is 5. The Morgan fingerprint density at radius 2 is 2.25 bits per heavy atom. The van der Waals surface area contributed by atoms with Crippen LogP contribution in [0.4, 0.5) is 0 Å². The van der Waals surface area contributed by atoms with Crippen molar-refractivity contribution >= 4 is 28.6 Å². The molecule has 3 N–H and O–H groups in total. The number of carbonyl (C=O) groups excluding carboxylic acids is 1. The van der Waals surface area contributed by atoms with Crippen LogP contribution in [0, 0.1) is 5.92 Å². The third kappa shape index (κ3) is 4.13. The minimum absolute atomic E-state index is 0.0844. The fraction of sp³-hybridized carbons (Fsp3) is 0.429. The molecule has 2 aromatic rings. The zero-order valence-electron chi connectivity index (χ0n) is 11.6. The summed E-state index contributed by atoms with van der Waals surface area (Å²) in [6, 6.07) is 3.88. The minimum Gasteiger partial charge on any atom is -0.346 e. The molecule has 0 aliphatic rings. The topological polar surface area (TPSA) is 68.0 Å². The molecule has 0 aliphatic carbocycles. The van der Waals surface area contributed by atoms with Crippen LogP contribution in [-0.2, 0) is 6.54 Å². The number of nitrogens with zero attached hydrogens (tertiary/aromatic N) is 1. The predicted molar refractivity (Wildman–Crippen MR) is 84.0 cm³/mol. The van der Waals surface area contributed by atoms with Crippen LogP contribution in [0.5, 0.6) is 0 Å². The maximum Gasteiger partial charge on any atom is 0.271 e. The first-order valence-electron chi connectivity index (χ1n) is 6.58. The van der Waals surface area contributed by atoms with E-state index in [2.05, 4.69) is 24.1 Å². The van der Waals surface area contributed by atoms with Gasteiger partial charge in [-0.3, -0.25) is 4.79 Å². The Morgan fingerprint density at radius 1 is 1.45 bits per heavy atom. The Labute approximate surface area is 127 Å². The molecule has 0 radical (unpaired) electrons. The van der Waals surface area contributed by atoms with E-state index in [0.29, 0.717) is 18.2 Å². The van der Waals surface area contributed by atoms with Crippen LogP contribution in [0.2, 0.25) is 0 Å². The van der Waals surface area contributed by atoms with Crippen LogP contribution < -0.4 is 11.1 Å². The maximum absolute atomic E-state index is 12.0. The minimum atomic E-state index is -0.141. The monoisotopic (exact) mass is 309 g/mol. The van der Waals surface area contributed by atoms with Crippen LogP contribution in [-0.4, -0.2) is 10.9 Å². The van der Waals surface area contributed by atoms with E-state index in [0.717, 1.165) is 16.3 Å². The molecule has 4 nitrogen and oxygen atoms in total. The summed E-state index contributed by atoms with van der Waals surface area (Å²) in [6.07, 6.45) is 0.879. The largest absolute Gasteiger partial charge is 0.346 e. The molecular formula is C14H19N3OS2. The van der Waals surface area contributed by atoms with Crippen LogP contribution in [0.1, 0.15) is 46.7 Å². The predicted octanol–water partition coefficient (Wildman–Crippen LogP) is 3.18. The molecule has 0 aliphatic heterocycles. The SMILES string of the molecule is CC(C)CC(N)c1nc(C(=O)NCc2cccs2)cs1. The summed E-state index contributed by atoms with van der Waals surface area (Å²) in [7, 11) is 0. The van der Waals surface area contributed by atoms with E-state index in [1.807, 2.05) is 17.5 Å². The Bertz CT molecular complexity index is 549. The van der Waals surface area contributed by atoms with Gasteiger partial charge in [-0.15, -0.1) is 22.7 Å². The van der Waals surface area contributed by atoms with E-state index < -0.39 is 0 Å². The first kappa shape index (κ1) is 15.2. The van der Waals surface area contributed by atoms with E-state index in [1.165, 1.54) is 11.3 Å². The second-order valence-corrected chi connectivity index (χ2v) is 6.99. The third-order valence-corrected chi connectivity index (χ3v) is 4.65. The summed E-state index contributed by atoms with van der Waals surface area (Å²) < 4.78 is 0. The van der Waals surface area contributed by atoms with Crippen molar-refractivity contribution in [1.29, 1.82) is 0 Å². The van der Waals surface area contributed by atoms with Gasteiger partial charge in [0.15, 0.2) is 0 Å². The van der Waals surface area contributed by atoms with Gasteiger partial charge < -0.3 is 11.1 Å². The van der Waals surface area contributed by atoms with Gasteiger partial charge in [0.2, 0.25) is 0 Å². The lowest BCUT2D eigenvalue weighted by Gasteiger charge is -2.10. The molecule has 108 valence electrons. The van der Waals surface area contributed by atoms with Crippen molar-refractivity contribution in [2.24, 2.45) is 11.7 Å². The molecule has 0 saturated heterocycles. The van der Waals surface area contributed by atoms with Gasteiger partial charge in [0.05, 0.1) is 12.6 Å².